The molecule has 1 aliphatic rings. The number of carbonyl (C=O) groups excluding carboxylic acids is 1. The van der Waals surface area contributed by atoms with Crippen LogP contribution in [0.25, 0.3) is 0 Å². The van der Waals surface area contributed by atoms with Crippen LogP contribution >= 0.6 is 0 Å². The summed E-state index contributed by atoms with van der Waals surface area (Å²) in [6, 6.07) is 13.1. The van der Waals surface area contributed by atoms with Gasteiger partial charge in [-0.1, -0.05) is 24.3 Å². The van der Waals surface area contributed by atoms with Crippen LogP contribution in [0.15, 0.2) is 53.3 Å². The lowest BCUT2D eigenvalue weighted by Crippen LogP contribution is -2.30. The van der Waals surface area contributed by atoms with Gasteiger partial charge in [-0.15, -0.1) is 10.2 Å². The Bertz CT molecular complexity index is 972. The average Bonchev–Trinajstić information content (AvgIpc) is 3.35. The van der Waals surface area contributed by atoms with Gasteiger partial charge in [0.05, 0.1) is 26.2 Å². The number of amides is 1. The van der Waals surface area contributed by atoms with Crippen LogP contribution < -0.4 is 9.47 Å². The zero-order chi connectivity index (χ0) is 19.5. The lowest BCUT2D eigenvalue weighted by molar-refractivity contribution is 0.0693. The molecule has 0 saturated carbocycles. The predicted octanol–water partition coefficient (Wildman–Crippen LogP) is 3.42. The molecule has 28 heavy (non-hydrogen) atoms. The van der Waals surface area contributed by atoms with E-state index >= 15 is 0 Å². The van der Waals surface area contributed by atoms with Crippen LogP contribution in [0.5, 0.6) is 11.5 Å². The summed E-state index contributed by atoms with van der Waals surface area (Å²) in [6.07, 6.45) is 1.71. The van der Waals surface area contributed by atoms with Gasteiger partial charge in [0.1, 0.15) is 0 Å². The molecular formula is C21H21N3O4. The minimum Gasteiger partial charge on any atom is -0.493 e. The van der Waals surface area contributed by atoms with E-state index in [4.69, 9.17) is 13.9 Å². The van der Waals surface area contributed by atoms with Gasteiger partial charge < -0.3 is 18.8 Å². The first kappa shape index (κ1) is 18.0. The highest BCUT2D eigenvalue weighted by Crippen LogP contribution is 2.37. The van der Waals surface area contributed by atoms with Crippen LogP contribution in [0.3, 0.4) is 0 Å². The Labute approximate surface area is 162 Å². The highest BCUT2D eigenvalue weighted by molar-refractivity contribution is 5.98. The van der Waals surface area contributed by atoms with E-state index in [2.05, 4.69) is 10.2 Å². The Hall–Kier alpha value is -3.35. The second-order valence-electron chi connectivity index (χ2n) is 6.49. The first-order chi connectivity index (χ1) is 13.7. The molecule has 3 aromatic rings. The van der Waals surface area contributed by atoms with Crippen LogP contribution in [0.2, 0.25) is 0 Å². The highest BCUT2D eigenvalue weighted by atomic mass is 16.5. The SMILES string of the molecule is CCOc1cc([C@@H](Cc2nnco2)N2Cc3ccccc3C2=O)ccc1OC. The molecule has 1 aromatic heterocycles. The number of benzene rings is 2. The van der Waals surface area contributed by atoms with Gasteiger partial charge in [-0.3, -0.25) is 4.79 Å². The van der Waals surface area contributed by atoms with E-state index in [1.165, 1.54) is 6.39 Å². The Morgan fingerprint density at radius 2 is 2.07 bits per heavy atom. The van der Waals surface area contributed by atoms with E-state index in [-0.39, 0.29) is 11.9 Å². The third kappa shape index (κ3) is 3.31. The molecule has 7 nitrogen and oxygen atoms in total. The Morgan fingerprint density at radius 3 is 2.79 bits per heavy atom. The minimum atomic E-state index is -0.273. The molecule has 1 aliphatic heterocycles. The molecule has 0 N–H and O–H groups in total. The Kier molecular flexibility index (Phi) is 4.97. The van der Waals surface area contributed by atoms with Gasteiger partial charge in [0, 0.05) is 12.1 Å². The number of hydrogen-bond acceptors (Lipinski definition) is 6. The summed E-state index contributed by atoms with van der Waals surface area (Å²) in [5, 5.41) is 7.77. The van der Waals surface area contributed by atoms with Crippen molar-refractivity contribution in [2.45, 2.75) is 25.9 Å². The van der Waals surface area contributed by atoms with Crippen molar-refractivity contribution in [2.24, 2.45) is 0 Å². The molecule has 0 bridgehead atoms. The number of ether oxygens (including phenoxy) is 2. The zero-order valence-corrected chi connectivity index (χ0v) is 15.8. The number of fused-ring (bicyclic) bond motifs is 1. The quantitative estimate of drug-likeness (QED) is 0.626. The predicted molar refractivity (Wildman–Crippen MR) is 101 cm³/mol. The summed E-state index contributed by atoms with van der Waals surface area (Å²) in [7, 11) is 1.61. The summed E-state index contributed by atoms with van der Waals surface area (Å²) in [5.74, 6) is 1.76. The highest BCUT2D eigenvalue weighted by Gasteiger charge is 2.34. The average molecular weight is 379 g/mol. The molecule has 7 heteroatoms. The van der Waals surface area contributed by atoms with Crippen molar-refractivity contribution in [3.8, 4) is 11.5 Å². The molecule has 1 amide bonds. The summed E-state index contributed by atoms with van der Waals surface area (Å²) in [4.78, 5) is 14.9. The number of carbonyl (C=O) groups is 1. The largest absolute Gasteiger partial charge is 0.493 e. The van der Waals surface area contributed by atoms with Crippen molar-refractivity contribution in [2.75, 3.05) is 13.7 Å². The van der Waals surface area contributed by atoms with E-state index in [1.54, 1.807) is 7.11 Å². The third-order valence-electron chi connectivity index (χ3n) is 4.87. The van der Waals surface area contributed by atoms with Crippen LogP contribution in [0.4, 0.5) is 0 Å². The third-order valence-corrected chi connectivity index (χ3v) is 4.87. The molecule has 0 unspecified atom stereocenters. The molecule has 0 fully saturated rings. The summed E-state index contributed by atoms with van der Waals surface area (Å²) < 4.78 is 16.5. The zero-order valence-electron chi connectivity index (χ0n) is 15.8. The summed E-state index contributed by atoms with van der Waals surface area (Å²) >= 11 is 0. The summed E-state index contributed by atoms with van der Waals surface area (Å²) in [6.45, 7) is 2.97. The maximum absolute atomic E-state index is 13.1. The number of rotatable bonds is 7. The van der Waals surface area contributed by atoms with Crippen molar-refractivity contribution in [1.29, 1.82) is 0 Å². The molecular weight excluding hydrogens is 358 g/mol. The van der Waals surface area contributed by atoms with Gasteiger partial charge >= 0.3 is 0 Å². The maximum atomic E-state index is 13.1. The van der Waals surface area contributed by atoms with E-state index in [9.17, 15) is 4.79 Å². The number of hydrogen-bond donors (Lipinski definition) is 0. The normalized spacial score (nSPS) is 14.1. The Balaban J connectivity index is 1.73. The van der Waals surface area contributed by atoms with Crippen molar-refractivity contribution in [1.82, 2.24) is 15.1 Å². The molecule has 1 atom stereocenters. The van der Waals surface area contributed by atoms with Gasteiger partial charge in [-0.25, -0.2) is 0 Å². The summed E-state index contributed by atoms with van der Waals surface area (Å²) in [5.41, 5.74) is 2.67. The molecule has 2 aromatic carbocycles. The van der Waals surface area contributed by atoms with Crippen LogP contribution in [0.1, 0.15) is 40.3 Å². The first-order valence-corrected chi connectivity index (χ1v) is 9.16. The fourth-order valence-corrected chi connectivity index (χ4v) is 3.56. The van der Waals surface area contributed by atoms with Crippen LogP contribution in [0, 0.1) is 0 Å². The standard InChI is InChI=1S/C21H21N3O4/c1-3-27-19-10-14(8-9-18(19)26-2)17(11-20-23-22-13-28-20)24-12-15-6-4-5-7-16(15)21(24)25/h4-10,13,17H,3,11-12H2,1-2H3/t17-/m1/s1. The number of nitrogens with zero attached hydrogens (tertiary/aromatic N) is 3. The van der Waals surface area contributed by atoms with E-state index in [0.717, 1.165) is 16.7 Å². The molecule has 0 saturated heterocycles. The van der Waals surface area contributed by atoms with Crippen molar-refractivity contribution < 1.29 is 18.7 Å². The fourth-order valence-electron chi connectivity index (χ4n) is 3.56. The van der Waals surface area contributed by atoms with E-state index in [0.29, 0.717) is 37.0 Å². The van der Waals surface area contributed by atoms with Gasteiger partial charge in [0.25, 0.3) is 5.91 Å². The van der Waals surface area contributed by atoms with Gasteiger partial charge in [0.2, 0.25) is 12.3 Å². The van der Waals surface area contributed by atoms with Crippen LogP contribution in [-0.4, -0.2) is 34.7 Å². The minimum absolute atomic E-state index is 0.00565. The molecule has 4 rings (SSSR count). The smallest absolute Gasteiger partial charge is 0.255 e. The van der Waals surface area contributed by atoms with E-state index < -0.39 is 0 Å². The number of aromatic nitrogens is 2. The Morgan fingerprint density at radius 1 is 1.21 bits per heavy atom. The molecule has 0 radical (unpaired) electrons. The second-order valence-corrected chi connectivity index (χ2v) is 6.49. The van der Waals surface area contributed by atoms with Gasteiger partial charge in [0.15, 0.2) is 11.5 Å². The molecule has 144 valence electrons. The first-order valence-electron chi connectivity index (χ1n) is 9.16. The van der Waals surface area contributed by atoms with Crippen LogP contribution in [-0.2, 0) is 13.0 Å². The van der Waals surface area contributed by atoms with Crippen molar-refractivity contribution in [3.05, 3.63) is 71.4 Å². The number of methoxy groups -OCH3 is 1. The van der Waals surface area contributed by atoms with Gasteiger partial charge in [-0.2, -0.15) is 0 Å². The fraction of sp³-hybridized carbons (Fsp3) is 0.286. The maximum Gasteiger partial charge on any atom is 0.255 e. The van der Waals surface area contributed by atoms with Gasteiger partial charge in [-0.05, 0) is 36.2 Å². The monoisotopic (exact) mass is 379 g/mol. The van der Waals surface area contributed by atoms with E-state index in [1.807, 2.05) is 54.3 Å². The second kappa shape index (κ2) is 7.72. The lowest BCUT2D eigenvalue weighted by atomic mass is 10.0. The van der Waals surface area contributed by atoms with Crippen molar-refractivity contribution in [3.63, 3.8) is 0 Å². The topological polar surface area (TPSA) is 77.7 Å². The molecule has 0 spiro atoms. The molecule has 2 heterocycles. The lowest BCUT2D eigenvalue weighted by Gasteiger charge is -2.28. The van der Waals surface area contributed by atoms with Crippen molar-refractivity contribution >= 4 is 5.91 Å². The molecule has 0 aliphatic carbocycles.